The van der Waals surface area contributed by atoms with E-state index in [4.69, 9.17) is 4.74 Å². The lowest BCUT2D eigenvalue weighted by molar-refractivity contribution is 0.295. The molecule has 2 aromatic carbocycles. The van der Waals surface area contributed by atoms with Gasteiger partial charge in [-0.25, -0.2) is 0 Å². The maximum Gasteiger partial charge on any atom is 0.250 e. The second kappa shape index (κ2) is 6.14. The molecule has 1 aromatic heterocycles. The molecule has 1 heterocycles. The summed E-state index contributed by atoms with van der Waals surface area (Å²) in [5, 5.41) is 2.28. The van der Waals surface area contributed by atoms with Crippen molar-refractivity contribution in [3.63, 3.8) is 0 Å². The van der Waals surface area contributed by atoms with Gasteiger partial charge in [-0.15, -0.1) is 0 Å². The smallest absolute Gasteiger partial charge is 0.250 e. The van der Waals surface area contributed by atoms with E-state index in [-0.39, 0.29) is 5.56 Å². The predicted molar refractivity (Wildman–Crippen MR) is 87.8 cm³/mol. The van der Waals surface area contributed by atoms with Gasteiger partial charge in [0, 0.05) is 12.3 Å². The molecule has 0 unspecified atom stereocenters. The van der Waals surface area contributed by atoms with Crippen molar-refractivity contribution in [3.8, 4) is 5.75 Å². The average molecular weight is 344 g/mol. The zero-order valence-corrected chi connectivity index (χ0v) is 12.9. The Morgan fingerprint density at radius 3 is 2.67 bits per heavy atom. The van der Waals surface area contributed by atoms with E-state index in [0.717, 1.165) is 21.0 Å². The van der Waals surface area contributed by atoms with Crippen molar-refractivity contribution >= 4 is 26.7 Å². The summed E-state index contributed by atoms with van der Waals surface area (Å²) in [4.78, 5) is 11.6. The minimum atomic E-state index is -0.0151. The molecule has 0 atom stereocenters. The van der Waals surface area contributed by atoms with E-state index in [2.05, 4.69) is 22.0 Å². The summed E-state index contributed by atoms with van der Waals surface area (Å²) in [6.07, 6.45) is 1.77. The molecule has 0 aliphatic carbocycles. The van der Waals surface area contributed by atoms with Crippen LogP contribution in [-0.2, 0) is 6.54 Å². The first-order valence-corrected chi connectivity index (χ1v) is 7.50. The zero-order valence-electron chi connectivity index (χ0n) is 11.3. The van der Waals surface area contributed by atoms with Crippen LogP contribution in [0.3, 0.4) is 0 Å². The van der Waals surface area contributed by atoms with Crippen LogP contribution in [0.5, 0.6) is 5.75 Å². The molecule has 0 saturated heterocycles. The maximum absolute atomic E-state index is 11.6. The normalized spacial score (nSPS) is 10.7. The van der Waals surface area contributed by atoms with Crippen molar-refractivity contribution in [2.75, 3.05) is 6.61 Å². The Bertz CT molecular complexity index is 826. The monoisotopic (exact) mass is 343 g/mol. The van der Waals surface area contributed by atoms with Crippen molar-refractivity contribution in [3.05, 3.63) is 75.6 Å². The lowest BCUT2D eigenvalue weighted by Crippen LogP contribution is -2.21. The van der Waals surface area contributed by atoms with Crippen LogP contribution in [0.15, 0.2) is 70.1 Å². The van der Waals surface area contributed by atoms with Gasteiger partial charge in [0.2, 0.25) is 0 Å². The first-order chi connectivity index (χ1) is 10.3. The van der Waals surface area contributed by atoms with E-state index in [1.807, 2.05) is 36.4 Å². The zero-order chi connectivity index (χ0) is 14.7. The first kappa shape index (κ1) is 13.9. The molecule has 0 spiro atoms. The Labute approximate surface area is 130 Å². The Morgan fingerprint density at radius 2 is 1.81 bits per heavy atom. The van der Waals surface area contributed by atoms with Gasteiger partial charge in [-0.05, 0) is 38.8 Å². The van der Waals surface area contributed by atoms with Gasteiger partial charge in [-0.1, -0.05) is 36.4 Å². The van der Waals surface area contributed by atoms with Crippen LogP contribution < -0.4 is 10.3 Å². The Morgan fingerprint density at radius 1 is 1.00 bits per heavy atom. The minimum absolute atomic E-state index is 0.0151. The number of hydrogen-bond donors (Lipinski definition) is 0. The number of halogens is 1. The van der Waals surface area contributed by atoms with Crippen LogP contribution in [0.4, 0.5) is 0 Å². The fraction of sp³-hybridized carbons (Fsp3) is 0.118. The summed E-state index contributed by atoms with van der Waals surface area (Å²) in [6.45, 7) is 0.972. The van der Waals surface area contributed by atoms with E-state index in [1.54, 1.807) is 22.9 Å². The number of nitrogens with zero attached hydrogens (tertiary/aromatic N) is 1. The highest BCUT2D eigenvalue weighted by Crippen LogP contribution is 2.32. The van der Waals surface area contributed by atoms with Crippen LogP contribution in [0.1, 0.15) is 0 Å². The van der Waals surface area contributed by atoms with Gasteiger partial charge in [0.15, 0.2) is 0 Å². The third-order valence-corrected chi connectivity index (χ3v) is 4.13. The number of benzene rings is 2. The van der Waals surface area contributed by atoms with Crippen LogP contribution in [0, 0.1) is 0 Å². The van der Waals surface area contributed by atoms with Gasteiger partial charge in [-0.2, -0.15) is 0 Å². The van der Waals surface area contributed by atoms with Gasteiger partial charge < -0.3 is 9.30 Å². The SMILES string of the molecule is O=c1ccccn1CCOc1ccc2ccccc2c1Br. The second-order valence-electron chi connectivity index (χ2n) is 4.68. The van der Waals surface area contributed by atoms with Crippen molar-refractivity contribution in [1.29, 1.82) is 0 Å². The van der Waals surface area contributed by atoms with E-state index >= 15 is 0 Å². The summed E-state index contributed by atoms with van der Waals surface area (Å²) in [5.74, 6) is 0.790. The van der Waals surface area contributed by atoms with Gasteiger partial charge in [0.05, 0.1) is 11.0 Å². The number of rotatable bonds is 4. The minimum Gasteiger partial charge on any atom is -0.491 e. The third kappa shape index (κ3) is 3.00. The summed E-state index contributed by atoms with van der Waals surface area (Å²) >= 11 is 3.59. The van der Waals surface area contributed by atoms with Crippen LogP contribution in [-0.4, -0.2) is 11.2 Å². The quantitative estimate of drug-likeness (QED) is 0.720. The number of hydrogen-bond acceptors (Lipinski definition) is 2. The highest BCUT2D eigenvalue weighted by Gasteiger charge is 2.05. The molecule has 0 saturated carbocycles. The average Bonchev–Trinajstić information content (AvgIpc) is 2.52. The number of aromatic nitrogens is 1. The van der Waals surface area contributed by atoms with Gasteiger partial charge in [-0.3, -0.25) is 4.79 Å². The van der Waals surface area contributed by atoms with E-state index in [1.165, 1.54) is 0 Å². The number of ether oxygens (including phenoxy) is 1. The molecule has 106 valence electrons. The van der Waals surface area contributed by atoms with Crippen LogP contribution >= 0.6 is 15.9 Å². The third-order valence-electron chi connectivity index (χ3n) is 3.32. The molecule has 3 rings (SSSR count). The van der Waals surface area contributed by atoms with E-state index in [0.29, 0.717) is 13.2 Å². The van der Waals surface area contributed by atoms with Crippen LogP contribution in [0.2, 0.25) is 0 Å². The van der Waals surface area contributed by atoms with Gasteiger partial charge in [0.1, 0.15) is 12.4 Å². The summed E-state index contributed by atoms with van der Waals surface area (Å²) in [6, 6.07) is 17.2. The predicted octanol–water partition coefficient (Wildman–Crippen LogP) is 3.84. The first-order valence-electron chi connectivity index (χ1n) is 6.71. The highest BCUT2D eigenvalue weighted by atomic mass is 79.9. The molecule has 4 heteroatoms. The largest absolute Gasteiger partial charge is 0.491 e. The summed E-state index contributed by atoms with van der Waals surface area (Å²) < 4.78 is 8.38. The molecular formula is C17H14BrNO2. The van der Waals surface area contributed by atoms with Gasteiger partial charge >= 0.3 is 0 Å². The molecule has 0 radical (unpaired) electrons. The molecule has 0 bridgehead atoms. The van der Waals surface area contributed by atoms with E-state index < -0.39 is 0 Å². The lowest BCUT2D eigenvalue weighted by atomic mass is 10.1. The molecular weight excluding hydrogens is 330 g/mol. The molecule has 21 heavy (non-hydrogen) atoms. The van der Waals surface area contributed by atoms with Crippen LogP contribution in [0.25, 0.3) is 10.8 Å². The fourth-order valence-corrected chi connectivity index (χ4v) is 2.83. The Hall–Kier alpha value is -2.07. The fourth-order valence-electron chi connectivity index (χ4n) is 2.22. The standard InChI is InChI=1S/C17H14BrNO2/c18-17-14-6-2-1-5-13(14)8-9-15(17)21-12-11-19-10-4-3-7-16(19)20/h1-10H,11-12H2. The molecule has 0 fully saturated rings. The molecule has 0 N–H and O–H groups in total. The van der Waals surface area contributed by atoms with Crippen molar-refractivity contribution < 1.29 is 4.74 Å². The number of pyridine rings is 1. The highest BCUT2D eigenvalue weighted by molar-refractivity contribution is 9.10. The Balaban J connectivity index is 1.75. The second-order valence-corrected chi connectivity index (χ2v) is 5.47. The molecule has 0 aliphatic rings. The van der Waals surface area contributed by atoms with Crippen molar-refractivity contribution in [2.45, 2.75) is 6.54 Å². The molecule has 3 aromatic rings. The van der Waals surface area contributed by atoms with E-state index in [9.17, 15) is 4.79 Å². The summed E-state index contributed by atoms with van der Waals surface area (Å²) in [7, 11) is 0. The molecule has 0 aliphatic heterocycles. The van der Waals surface area contributed by atoms with Crippen molar-refractivity contribution in [1.82, 2.24) is 4.57 Å². The maximum atomic E-state index is 11.6. The van der Waals surface area contributed by atoms with Crippen molar-refractivity contribution in [2.24, 2.45) is 0 Å². The Kier molecular flexibility index (Phi) is 4.06. The molecule has 3 nitrogen and oxygen atoms in total. The topological polar surface area (TPSA) is 31.2 Å². The van der Waals surface area contributed by atoms with Gasteiger partial charge in [0.25, 0.3) is 5.56 Å². The lowest BCUT2D eigenvalue weighted by Gasteiger charge is -2.11. The number of fused-ring (bicyclic) bond motifs is 1. The summed E-state index contributed by atoms with van der Waals surface area (Å²) in [5.41, 5.74) is -0.0151. The molecule has 0 amide bonds.